The normalized spacial score (nSPS) is 11.3. The summed E-state index contributed by atoms with van der Waals surface area (Å²) in [6.45, 7) is 4.18. The number of ketones is 1. The molecule has 0 aliphatic carbocycles. The third-order valence-corrected chi connectivity index (χ3v) is 5.50. The maximum Gasteiger partial charge on any atom is 0.209 e. The molecule has 0 aliphatic heterocycles. The van der Waals surface area contributed by atoms with Gasteiger partial charge in [-0.3, -0.25) is 4.79 Å². The standard InChI is InChI=1S/C21H20N4OS/c1-3-14-9-10-15(4-2)17(11-14)19(26)12-27-21-23-20-16-7-5-6-8-18(16)22-13-25(20)24-21/h5-11,13H,3-4,12H2,1-2H3. The first-order valence-corrected chi connectivity index (χ1v) is 10.1. The lowest BCUT2D eigenvalue weighted by Crippen LogP contribution is -2.07. The van der Waals surface area contributed by atoms with E-state index in [0.717, 1.165) is 40.5 Å². The van der Waals surface area contributed by atoms with Crippen molar-refractivity contribution in [2.24, 2.45) is 0 Å². The number of hydrogen-bond acceptors (Lipinski definition) is 5. The average Bonchev–Trinajstić information content (AvgIpc) is 3.15. The van der Waals surface area contributed by atoms with Crippen LogP contribution in [0.5, 0.6) is 0 Å². The molecular formula is C21H20N4OS. The Kier molecular flexibility index (Phi) is 4.90. The van der Waals surface area contributed by atoms with Gasteiger partial charge >= 0.3 is 0 Å². The van der Waals surface area contributed by atoms with Crippen LogP contribution < -0.4 is 0 Å². The van der Waals surface area contributed by atoms with Crippen LogP contribution in [0.4, 0.5) is 0 Å². The third kappa shape index (κ3) is 3.45. The number of carbonyl (C=O) groups excluding carboxylic acids is 1. The van der Waals surface area contributed by atoms with E-state index in [9.17, 15) is 4.79 Å². The van der Waals surface area contributed by atoms with Crippen molar-refractivity contribution in [3.8, 4) is 0 Å². The minimum absolute atomic E-state index is 0.119. The lowest BCUT2D eigenvalue weighted by molar-refractivity contribution is 0.102. The van der Waals surface area contributed by atoms with E-state index in [4.69, 9.17) is 0 Å². The van der Waals surface area contributed by atoms with Crippen molar-refractivity contribution >= 4 is 34.1 Å². The van der Waals surface area contributed by atoms with Crippen LogP contribution in [0.15, 0.2) is 53.9 Å². The molecule has 0 saturated heterocycles. The molecule has 0 fully saturated rings. The first-order chi connectivity index (χ1) is 13.2. The number of benzene rings is 2. The van der Waals surface area contributed by atoms with Crippen molar-refractivity contribution in [3.63, 3.8) is 0 Å². The Morgan fingerprint density at radius 1 is 1.11 bits per heavy atom. The molecule has 27 heavy (non-hydrogen) atoms. The summed E-state index contributed by atoms with van der Waals surface area (Å²) in [6, 6.07) is 14.0. The highest BCUT2D eigenvalue weighted by Crippen LogP contribution is 2.22. The second-order valence-corrected chi connectivity index (χ2v) is 7.28. The summed E-state index contributed by atoms with van der Waals surface area (Å²) in [5, 5.41) is 6.00. The summed E-state index contributed by atoms with van der Waals surface area (Å²) in [5.74, 6) is 0.441. The number of para-hydroxylation sites is 1. The number of aromatic nitrogens is 4. The minimum atomic E-state index is 0.119. The van der Waals surface area contributed by atoms with Crippen molar-refractivity contribution in [1.29, 1.82) is 0 Å². The van der Waals surface area contributed by atoms with Crippen LogP contribution in [0, 0.1) is 0 Å². The van der Waals surface area contributed by atoms with Crippen LogP contribution in [0.3, 0.4) is 0 Å². The van der Waals surface area contributed by atoms with Crippen LogP contribution in [-0.2, 0) is 12.8 Å². The largest absolute Gasteiger partial charge is 0.293 e. The molecule has 2 heterocycles. The van der Waals surface area contributed by atoms with E-state index in [1.54, 1.807) is 10.8 Å². The van der Waals surface area contributed by atoms with Gasteiger partial charge in [-0.15, -0.1) is 5.10 Å². The second-order valence-electron chi connectivity index (χ2n) is 6.33. The number of carbonyl (C=O) groups is 1. The minimum Gasteiger partial charge on any atom is -0.293 e. The fourth-order valence-corrected chi connectivity index (χ4v) is 3.85. The van der Waals surface area contributed by atoms with E-state index in [0.29, 0.717) is 10.9 Å². The van der Waals surface area contributed by atoms with Crippen LogP contribution in [-0.4, -0.2) is 31.1 Å². The molecule has 2 aromatic heterocycles. The zero-order chi connectivity index (χ0) is 18.8. The SMILES string of the molecule is CCc1ccc(CC)c(C(=O)CSc2nc3c4ccccc4ncn3n2)c1. The smallest absolute Gasteiger partial charge is 0.209 e. The summed E-state index contributed by atoms with van der Waals surface area (Å²) >= 11 is 1.37. The molecule has 4 aromatic rings. The molecule has 2 aromatic carbocycles. The fraction of sp³-hybridized carbons (Fsp3) is 0.238. The van der Waals surface area contributed by atoms with Gasteiger partial charge in [0.1, 0.15) is 6.33 Å². The summed E-state index contributed by atoms with van der Waals surface area (Å²) < 4.78 is 1.67. The zero-order valence-corrected chi connectivity index (χ0v) is 16.2. The molecule has 0 atom stereocenters. The van der Waals surface area contributed by atoms with E-state index < -0.39 is 0 Å². The van der Waals surface area contributed by atoms with Crippen molar-refractivity contribution in [3.05, 3.63) is 65.5 Å². The Morgan fingerprint density at radius 2 is 1.96 bits per heavy atom. The lowest BCUT2D eigenvalue weighted by atomic mass is 9.98. The van der Waals surface area contributed by atoms with Gasteiger partial charge in [-0.05, 0) is 42.2 Å². The number of fused-ring (bicyclic) bond motifs is 3. The number of aryl methyl sites for hydroxylation is 2. The van der Waals surface area contributed by atoms with Gasteiger partial charge < -0.3 is 0 Å². The number of hydrogen-bond donors (Lipinski definition) is 0. The molecule has 0 aliphatic rings. The molecule has 0 saturated carbocycles. The summed E-state index contributed by atoms with van der Waals surface area (Å²) in [6.07, 6.45) is 3.43. The molecule has 0 N–H and O–H groups in total. The van der Waals surface area contributed by atoms with Crippen molar-refractivity contribution < 1.29 is 4.79 Å². The highest BCUT2D eigenvalue weighted by Gasteiger charge is 2.14. The van der Waals surface area contributed by atoms with Gasteiger partial charge in [-0.25, -0.2) is 14.5 Å². The molecule has 0 unspecified atom stereocenters. The van der Waals surface area contributed by atoms with Crippen LogP contribution in [0.25, 0.3) is 16.6 Å². The predicted octanol–water partition coefficient (Wildman–Crippen LogP) is 4.38. The van der Waals surface area contributed by atoms with E-state index >= 15 is 0 Å². The number of thioether (sulfide) groups is 1. The average molecular weight is 376 g/mol. The zero-order valence-electron chi connectivity index (χ0n) is 15.3. The molecule has 0 radical (unpaired) electrons. The van der Waals surface area contributed by atoms with Gasteiger partial charge in [0, 0.05) is 10.9 Å². The van der Waals surface area contributed by atoms with Crippen molar-refractivity contribution in [2.75, 3.05) is 5.75 Å². The van der Waals surface area contributed by atoms with Crippen molar-refractivity contribution in [2.45, 2.75) is 31.8 Å². The highest BCUT2D eigenvalue weighted by molar-refractivity contribution is 7.99. The summed E-state index contributed by atoms with van der Waals surface area (Å²) in [5.41, 5.74) is 4.74. The molecule has 5 nitrogen and oxygen atoms in total. The molecule has 6 heteroatoms. The first kappa shape index (κ1) is 17.7. The summed E-state index contributed by atoms with van der Waals surface area (Å²) in [4.78, 5) is 21.8. The quantitative estimate of drug-likeness (QED) is 0.369. The monoisotopic (exact) mass is 376 g/mol. The van der Waals surface area contributed by atoms with E-state index in [-0.39, 0.29) is 5.78 Å². The van der Waals surface area contributed by atoms with E-state index in [1.807, 2.05) is 30.3 Å². The topological polar surface area (TPSA) is 60.2 Å². The first-order valence-electron chi connectivity index (χ1n) is 9.07. The molecule has 0 bridgehead atoms. The van der Waals surface area contributed by atoms with Gasteiger partial charge in [0.05, 0.1) is 11.3 Å². The Balaban J connectivity index is 1.58. The van der Waals surface area contributed by atoms with Crippen LogP contribution >= 0.6 is 11.8 Å². The number of nitrogens with zero attached hydrogens (tertiary/aromatic N) is 4. The van der Waals surface area contributed by atoms with Crippen LogP contribution in [0.2, 0.25) is 0 Å². The molecule has 4 rings (SSSR count). The van der Waals surface area contributed by atoms with E-state index in [1.165, 1.54) is 17.3 Å². The predicted molar refractivity (Wildman–Crippen MR) is 109 cm³/mol. The maximum absolute atomic E-state index is 12.8. The van der Waals surface area contributed by atoms with Gasteiger partial charge in [-0.2, -0.15) is 0 Å². The molecule has 136 valence electrons. The third-order valence-electron chi connectivity index (χ3n) is 4.66. The fourth-order valence-electron chi connectivity index (χ4n) is 3.14. The summed E-state index contributed by atoms with van der Waals surface area (Å²) in [7, 11) is 0. The van der Waals surface area contributed by atoms with E-state index in [2.05, 4.69) is 41.0 Å². The maximum atomic E-state index is 12.8. The number of rotatable bonds is 6. The Bertz CT molecular complexity index is 1140. The van der Waals surface area contributed by atoms with Gasteiger partial charge in [0.15, 0.2) is 11.4 Å². The van der Waals surface area contributed by atoms with Gasteiger partial charge in [0.25, 0.3) is 0 Å². The van der Waals surface area contributed by atoms with Gasteiger partial charge in [-0.1, -0.05) is 49.9 Å². The number of Topliss-reactive ketones (excluding diaryl/α,β-unsaturated/α-hetero) is 1. The Labute approximate surface area is 161 Å². The van der Waals surface area contributed by atoms with Gasteiger partial charge in [0.2, 0.25) is 5.16 Å². The molecule has 0 amide bonds. The Morgan fingerprint density at radius 3 is 2.78 bits per heavy atom. The molecular weight excluding hydrogens is 356 g/mol. The van der Waals surface area contributed by atoms with Crippen LogP contribution in [0.1, 0.15) is 35.3 Å². The highest BCUT2D eigenvalue weighted by atomic mass is 32.2. The lowest BCUT2D eigenvalue weighted by Gasteiger charge is -2.08. The van der Waals surface area contributed by atoms with Crippen molar-refractivity contribution in [1.82, 2.24) is 19.6 Å². The molecule has 0 spiro atoms. The second kappa shape index (κ2) is 7.48. The Hall–Kier alpha value is -2.73.